The number of aryl methyl sites for hydroxylation is 1. The minimum atomic E-state index is -0.186. The molecule has 0 bridgehead atoms. The van der Waals surface area contributed by atoms with E-state index in [4.69, 9.17) is 17.0 Å². The van der Waals surface area contributed by atoms with Crippen molar-refractivity contribution in [3.63, 3.8) is 0 Å². The summed E-state index contributed by atoms with van der Waals surface area (Å²) in [5, 5.41) is 7.05. The molecule has 188 valence electrons. The number of aromatic nitrogens is 2. The van der Waals surface area contributed by atoms with Crippen LogP contribution < -0.4 is 15.4 Å². The largest absolute Gasteiger partial charge is 0.495 e. The molecule has 0 saturated carbocycles. The van der Waals surface area contributed by atoms with Crippen LogP contribution in [0.2, 0.25) is 0 Å². The quantitative estimate of drug-likeness (QED) is 0.317. The van der Waals surface area contributed by atoms with Crippen LogP contribution >= 0.6 is 12.2 Å². The monoisotopic (exact) mass is 511 g/mol. The van der Waals surface area contributed by atoms with Crippen molar-refractivity contribution in [1.29, 1.82) is 0 Å². The molecule has 1 aliphatic rings. The van der Waals surface area contributed by atoms with E-state index in [1.54, 1.807) is 13.3 Å². The van der Waals surface area contributed by atoms with E-state index in [1.165, 1.54) is 0 Å². The second-order valence-corrected chi connectivity index (χ2v) is 9.35. The van der Waals surface area contributed by atoms with Gasteiger partial charge in [-0.15, -0.1) is 0 Å². The lowest BCUT2D eigenvalue weighted by molar-refractivity contribution is -0.116. The number of hydrogen-bond acceptors (Lipinski definition) is 4. The first-order chi connectivity index (χ1) is 18.0. The molecule has 4 aromatic rings. The number of para-hydroxylation sites is 2. The van der Waals surface area contributed by atoms with E-state index in [-0.39, 0.29) is 24.4 Å². The lowest BCUT2D eigenvalue weighted by Crippen LogP contribution is -2.33. The molecule has 5 rings (SSSR count). The van der Waals surface area contributed by atoms with Crippen molar-refractivity contribution >= 4 is 28.9 Å². The maximum absolute atomic E-state index is 12.8. The van der Waals surface area contributed by atoms with Gasteiger partial charge in [-0.05, 0) is 67.7 Å². The number of benzene rings is 2. The molecule has 37 heavy (non-hydrogen) atoms. The Hall–Kier alpha value is -4.17. The van der Waals surface area contributed by atoms with Crippen molar-refractivity contribution in [3.05, 3.63) is 108 Å². The average Bonchev–Trinajstić information content (AvgIpc) is 3.53. The van der Waals surface area contributed by atoms with Gasteiger partial charge in [-0.2, -0.15) is 0 Å². The van der Waals surface area contributed by atoms with E-state index in [9.17, 15) is 4.79 Å². The van der Waals surface area contributed by atoms with Gasteiger partial charge in [0.25, 0.3) is 0 Å². The van der Waals surface area contributed by atoms with Crippen molar-refractivity contribution in [2.45, 2.75) is 25.4 Å². The molecule has 1 aliphatic heterocycles. The molecule has 8 heteroatoms. The van der Waals surface area contributed by atoms with Crippen LogP contribution in [-0.4, -0.2) is 39.1 Å². The van der Waals surface area contributed by atoms with E-state index < -0.39 is 0 Å². The fourth-order valence-corrected chi connectivity index (χ4v) is 5.07. The van der Waals surface area contributed by atoms with Crippen LogP contribution in [0.5, 0.6) is 5.75 Å². The Morgan fingerprint density at radius 1 is 1.05 bits per heavy atom. The Morgan fingerprint density at radius 2 is 1.84 bits per heavy atom. The van der Waals surface area contributed by atoms with Gasteiger partial charge < -0.3 is 24.8 Å². The maximum atomic E-state index is 12.8. The Morgan fingerprint density at radius 3 is 2.59 bits per heavy atom. The van der Waals surface area contributed by atoms with Crippen molar-refractivity contribution in [3.8, 4) is 11.4 Å². The molecule has 0 spiro atoms. The smallest absolute Gasteiger partial charge is 0.226 e. The van der Waals surface area contributed by atoms with Gasteiger partial charge >= 0.3 is 0 Å². The molecule has 1 saturated heterocycles. The average molecular weight is 512 g/mol. The molecule has 2 atom stereocenters. The third-order valence-electron chi connectivity index (χ3n) is 6.54. The number of pyridine rings is 1. The zero-order chi connectivity index (χ0) is 25.8. The van der Waals surface area contributed by atoms with Gasteiger partial charge in [0.1, 0.15) is 5.75 Å². The van der Waals surface area contributed by atoms with Crippen LogP contribution in [0.4, 0.5) is 5.69 Å². The van der Waals surface area contributed by atoms with Crippen LogP contribution in [0.1, 0.15) is 35.5 Å². The highest BCUT2D eigenvalue weighted by molar-refractivity contribution is 7.80. The van der Waals surface area contributed by atoms with Gasteiger partial charge in [-0.1, -0.05) is 35.9 Å². The van der Waals surface area contributed by atoms with Crippen molar-refractivity contribution in [2.24, 2.45) is 0 Å². The summed E-state index contributed by atoms with van der Waals surface area (Å²) >= 11 is 5.79. The Balaban J connectivity index is 1.45. The van der Waals surface area contributed by atoms with Gasteiger partial charge in [0.05, 0.1) is 30.6 Å². The third kappa shape index (κ3) is 5.20. The van der Waals surface area contributed by atoms with Crippen molar-refractivity contribution in [2.75, 3.05) is 19.0 Å². The summed E-state index contributed by atoms with van der Waals surface area (Å²) in [5.74, 6) is 0.707. The van der Waals surface area contributed by atoms with E-state index in [1.807, 2.05) is 85.9 Å². The summed E-state index contributed by atoms with van der Waals surface area (Å²) in [6, 6.07) is 25.3. The van der Waals surface area contributed by atoms with Gasteiger partial charge in [0, 0.05) is 36.7 Å². The van der Waals surface area contributed by atoms with Gasteiger partial charge in [-0.25, -0.2) is 0 Å². The number of carbonyl (C=O) groups excluding carboxylic acids is 1. The summed E-state index contributed by atoms with van der Waals surface area (Å²) in [6.07, 6.45) is 4.09. The predicted octanol–water partition coefficient (Wildman–Crippen LogP) is 5.19. The molecule has 0 unspecified atom stereocenters. The molecule has 1 amide bonds. The Bertz CT molecular complexity index is 1390. The lowest BCUT2D eigenvalue weighted by atomic mass is 10.0. The number of nitrogens with zero attached hydrogens (tertiary/aromatic N) is 3. The molecule has 1 fully saturated rings. The second-order valence-electron chi connectivity index (χ2n) is 8.96. The summed E-state index contributed by atoms with van der Waals surface area (Å²) < 4.78 is 7.77. The van der Waals surface area contributed by atoms with Crippen molar-refractivity contribution < 1.29 is 9.53 Å². The fourth-order valence-electron chi connectivity index (χ4n) is 4.73. The highest BCUT2D eigenvalue weighted by Gasteiger charge is 2.41. The molecule has 0 radical (unpaired) electrons. The molecule has 2 N–H and O–H groups in total. The summed E-state index contributed by atoms with van der Waals surface area (Å²) in [5.41, 5.74) is 4.76. The normalized spacial score (nSPS) is 16.9. The van der Waals surface area contributed by atoms with Crippen LogP contribution in [-0.2, 0) is 4.79 Å². The Kier molecular flexibility index (Phi) is 7.18. The molecule has 7 nitrogen and oxygen atoms in total. The first kappa shape index (κ1) is 24.5. The number of rotatable bonds is 8. The SMILES string of the molecule is COc1ccccc1-n1cccc1[C@@H]1[C@@H](c2ccccn2)NC(=S)N1CCC(=O)Nc1ccc(C)cc1. The topological polar surface area (TPSA) is 71.4 Å². The van der Waals surface area contributed by atoms with Gasteiger partial charge in [-0.3, -0.25) is 9.78 Å². The van der Waals surface area contributed by atoms with Crippen molar-refractivity contribution in [1.82, 2.24) is 19.8 Å². The number of ether oxygens (including phenoxy) is 1. The third-order valence-corrected chi connectivity index (χ3v) is 6.89. The fraction of sp³-hybridized carbons (Fsp3) is 0.207. The van der Waals surface area contributed by atoms with E-state index >= 15 is 0 Å². The van der Waals surface area contributed by atoms with Crippen LogP contribution in [0.15, 0.2) is 91.3 Å². The van der Waals surface area contributed by atoms with Crippen LogP contribution in [0.25, 0.3) is 5.69 Å². The number of anilines is 1. The molecule has 2 aromatic heterocycles. The number of hydrogen-bond donors (Lipinski definition) is 2. The zero-order valence-corrected chi connectivity index (χ0v) is 21.6. The number of thiocarbonyl (C=S) groups is 1. The minimum absolute atomic E-state index is 0.0631. The number of carbonyl (C=O) groups is 1. The van der Waals surface area contributed by atoms with Gasteiger partial charge in [0.15, 0.2) is 5.11 Å². The Labute approximate surface area is 222 Å². The van der Waals surface area contributed by atoms with E-state index in [0.29, 0.717) is 11.7 Å². The zero-order valence-electron chi connectivity index (χ0n) is 20.8. The first-order valence-electron chi connectivity index (χ1n) is 12.2. The van der Waals surface area contributed by atoms with Crippen LogP contribution in [0.3, 0.4) is 0 Å². The standard InChI is InChI=1S/C29H29N5O2S/c1-20-12-14-21(15-13-20)31-26(35)16-19-34-28(27(32-29(34)37)22-8-5-6-17-30-22)24-10-7-18-33(24)23-9-3-4-11-25(23)36-2/h3-15,17-18,27-28H,16,19H2,1-2H3,(H,31,35)(H,32,37)/t27-,28-/m1/s1. The highest BCUT2D eigenvalue weighted by Crippen LogP contribution is 2.40. The van der Waals surface area contributed by atoms with Gasteiger partial charge in [0.2, 0.25) is 5.91 Å². The molecule has 0 aliphatic carbocycles. The first-order valence-corrected chi connectivity index (χ1v) is 12.6. The number of amides is 1. The summed E-state index contributed by atoms with van der Waals surface area (Å²) in [6.45, 7) is 2.47. The number of nitrogens with one attached hydrogen (secondary N) is 2. The number of methoxy groups -OCH3 is 1. The molecular weight excluding hydrogens is 482 g/mol. The summed E-state index contributed by atoms with van der Waals surface area (Å²) in [4.78, 5) is 19.6. The van der Waals surface area contributed by atoms with Crippen LogP contribution in [0, 0.1) is 6.92 Å². The maximum Gasteiger partial charge on any atom is 0.226 e. The minimum Gasteiger partial charge on any atom is -0.495 e. The van der Waals surface area contributed by atoms with E-state index in [2.05, 4.69) is 31.2 Å². The lowest BCUT2D eigenvalue weighted by Gasteiger charge is -2.29. The summed E-state index contributed by atoms with van der Waals surface area (Å²) in [7, 11) is 1.67. The highest BCUT2D eigenvalue weighted by atomic mass is 32.1. The molecule has 3 heterocycles. The van der Waals surface area contributed by atoms with E-state index in [0.717, 1.165) is 34.1 Å². The second kappa shape index (κ2) is 10.8. The molecule has 2 aromatic carbocycles. The molecular formula is C29H29N5O2S. The predicted molar refractivity (Wildman–Crippen MR) is 149 cm³/mol.